The molecule has 2 fully saturated rings. The zero-order chi connectivity index (χ0) is 31.1. The number of nitrogens with zero attached hydrogens (tertiary/aromatic N) is 2. The smallest absolute Gasteiger partial charge is 0.239 e. The number of fused-ring (bicyclic) bond motifs is 9. The van der Waals surface area contributed by atoms with Crippen LogP contribution < -0.4 is 14.8 Å². The third kappa shape index (κ3) is 7.69. The summed E-state index contributed by atoms with van der Waals surface area (Å²) in [5.41, 5.74) is 1.11. The Kier molecular flexibility index (Phi) is 10.4. The van der Waals surface area contributed by atoms with Gasteiger partial charge in [-0.15, -0.1) is 0 Å². The summed E-state index contributed by atoms with van der Waals surface area (Å²) >= 11 is 0. The monoisotopic (exact) mass is 609 g/mol. The number of amides is 3. The number of hydrogen-bond donors (Lipinski definition) is 2. The second kappa shape index (κ2) is 14.4. The Balaban J connectivity index is 1.40. The lowest BCUT2D eigenvalue weighted by atomic mass is 9.98. The van der Waals surface area contributed by atoms with Crippen molar-refractivity contribution in [3.63, 3.8) is 0 Å². The van der Waals surface area contributed by atoms with E-state index in [1.54, 1.807) is 24.0 Å². The highest BCUT2D eigenvalue weighted by atomic mass is 16.5. The molecule has 1 aliphatic carbocycles. The summed E-state index contributed by atoms with van der Waals surface area (Å²) in [5, 5.41) is 12.9. The van der Waals surface area contributed by atoms with Gasteiger partial charge in [0.05, 0.1) is 44.4 Å². The highest BCUT2D eigenvalue weighted by Crippen LogP contribution is 2.47. The fourth-order valence-corrected chi connectivity index (χ4v) is 5.89. The van der Waals surface area contributed by atoms with Crippen LogP contribution in [0.15, 0.2) is 42.5 Å². The van der Waals surface area contributed by atoms with Gasteiger partial charge in [-0.3, -0.25) is 14.4 Å². The van der Waals surface area contributed by atoms with Gasteiger partial charge in [0.25, 0.3) is 0 Å². The molecule has 4 aliphatic rings. The summed E-state index contributed by atoms with van der Waals surface area (Å²) in [6, 6.07) is 12.7. The van der Waals surface area contributed by atoms with Crippen molar-refractivity contribution in [2.75, 3.05) is 53.6 Å². The van der Waals surface area contributed by atoms with E-state index in [1.807, 2.05) is 42.5 Å². The number of likely N-dealkylation sites (tertiary alicyclic amines) is 1. The molecule has 2 N–H and O–H groups in total. The molecule has 6 rings (SSSR count). The predicted octanol–water partition coefficient (Wildman–Crippen LogP) is 2.67. The molecule has 0 aromatic heterocycles. The summed E-state index contributed by atoms with van der Waals surface area (Å²) in [6.07, 6.45) is 2.78. The number of nitrogens with one attached hydrogen (secondary N) is 1. The number of aliphatic hydroxyl groups excluding tert-OH is 1. The van der Waals surface area contributed by atoms with Crippen molar-refractivity contribution in [2.24, 2.45) is 5.41 Å². The average Bonchev–Trinajstić information content (AvgIpc) is 3.84. The largest absolute Gasteiger partial charge is 0.493 e. The molecule has 238 valence electrons. The van der Waals surface area contributed by atoms with Crippen molar-refractivity contribution in [1.82, 2.24) is 15.1 Å². The average molecular weight is 610 g/mol. The Bertz CT molecular complexity index is 1330. The Morgan fingerprint density at radius 2 is 1.95 bits per heavy atom. The standard InChI is InChI=1S/C33H43N3O8/c1-41-16-4-14-35-20-30(38)34-26-19-36(32(40)33(22-37)12-13-33)15-11-27(26)43-21-24-5-3-6-25(17-24)44-28-9-7-23(8-10-31(35)39)18-29(28)42-2/h3,5-7,9,17-18,26-27,37H,4,8,10-16,19-22H2,1-2H3,(H,34,38)/t26-,27+/m0/s1. The van der Waals surface area contributed by atoms with Gasteiger partial charge in [0.15, 0.2) is 11.5 Å². The van der Waals surface area contributed by atoms with Gasteiger partial charge >= 0.3 is 0 Å². The van der Waals surface area contributed by atoms with Crippen molar-refractivity contribution in [3.05, 3.63) is 53.6 Å². The van der Waals surface area contributed by atoms with Crippen molar-refractivity contribution < 1.29 is 38.4 Å². The molecule has 3 amide bonds. The molecule has 2 aromatic rings. The number of methoxy groups -OCH3 is 2. The molecule has 3 aliphatic heterocycles. The van der Waals surface area contributed by atoms with Gasteiger partial charge in [0.1, 0.15) is 5.75 Å². The minimum Gasteiger partial charge on any atom is -0.493 e. The highest BCUT2D eigenvalue weighted by molar-refractivity contribution is 5.86. The first-order chi connectivity index (χ1) is 21.3. The number of benzene rings is 2. The number of aliphatic hydroxyl groups is 1. The van der Waals surface area contributed by atoms with E-state index < -0.39 is 11.5 Å². The number of carbonyl (C=O) groups excluding carboxylic acids is 3. The van der Waals surface area contributed by atoms with Crippen LogP contribution in [0, 0.1) is 5.41 Å². The van der Waals surface area contributed by atoms with Gasteiger partial charge in [-0.2, -0.15) is 0 Å². The van der Waals surface area contributed by atoms with Crippen LogP contribution in [0.1, 0.15) is 43.2 Å². The fourth-order valence-electron chi connectivity index (χ4n) is 5.89. The number of piperidine rings is 1. The summed E-state index contributed by atoms with van der Waals surface area (Å²) < 4.78 is 23.3. The van der Waals surface area contributed by atoms with Gasteiger partial charge in [-0.05, 0) is 67.5 Å². The third-order valence-corrected chi connectivity index (χ3v) is 8.70. The SMILES string of the molecule is COCCCN1CC(=O)N[C@H]2CN(C(=O)C3(CO)CC3)CC[C@H]2OCc2cccc(c2)Oc2ccc(cc2OC)CCC1=O. The minimum atomic E-state index is -0.696. The lowest BCUT2D eigenvalue weighted by Gasteiger charge is -2.40. The first kappa shape index (κ1) is 31.7. The predicted molar refractivity (Wildman–Crippen MR) is 161 cm³/mol. The molecule has 2 atom stereocenters. The van der Waals surface area contributed by atoms with Gasteiger partial charge in [-0.25, -0.2) is 0 Å². The molecule has 3 heterocycles. The lowest BCUT2D eigenvalue weighted by Crippen LogP contribution is -2.59. The van der Waals surface area contributed by atoms with E-state index in [4.69, 9.17) is 18.9 Å². The Hall–Kier alpha value is -3.67. The summed E-state index contributed by atoms with van der Waals surface area (Å²) in [7, 11) is 3.18. The maximum atomic E-state index is 13.5. The molecule has 0 spiro atoms. The molecular formula is C33H43N3O8. The number of aryl methyl sites for hydroxylation is 1. The number of carbonyl (C=O) groups is 3. The topological polar surface area (TPSA) is 127 Å². The van der Waals surface area contributed by atoms with Crippen LogP contribution in [0.5, 0.6) is 17.2 Å². The second-order valence-corrected chi connectivity index (χ2v) is 11.9. The van der Waals surface area contributed by atoms with Gasteiger partial charge in [0, 0.05) is 39.8 Å². The van der Waals surface area contributed by atoms with Gasteiger partial charge in [-0.1, -0.05) is 18.2 Å². The normalized spacial score (nSPS) is 22.2. The quantitative estimate of drug-likeness (QED) is 0.459. The zero-order valence-corrected chi connectivity index (χ0v) is 25.6. The molecule has 1 saturated carbocycles. The molecule has 11 heteroatoms. The van der Waals surface area contributed by atoms with Gasteiger partial charge in [0.2, 0.25) is 17.7 Å². The fraction of sp³-hybridized carbons (Fsp3) is 0.545. The number of rotatable bonds is 7. The molecule has 4 bridgehead atoms. The second-order valence-electron chi connectivity index (χ2n) is 11.9. The number of ether oxygens (including phenoxy) is 4. The van der Waals surface area contributed by atoms with Crippen molar-refractivity contribution in [1.29, 1.82) is 0 Å². The van der Waals surface area contributed by atoms with Crippen molar-refractivity contribution in [3.8, 4) is 17.2 Å². The van der Waals surface area contributed by atoms with Crippen LogP contribution in [-0.4, -0.2) is 98.4 Å². The zero-order valence-electron chi connectivity index (χ0n) is 25.6. The molecular weight excluding hydrogens is 566 g/mol. The van der Waals surface area contributed by atoms with Crippen LogP contribution >= 0.6 is 0 Å². The molecule has 1 saturated heterocycles. The minimum absolute atomic E-state index is 0.0771. The summed E-state index contributed by atoms with van der Waals surface area (Å²) in [5.74, 6) is 1.21. The Morgan fingerprint density at radius 3 is 2.70 bits per heavy atom. The van der Waals surface area contributed by atoms with Crippen LogP contribution in [0.3, 0.4) is 0 Å². The molecule has 2 aromatic carbocycles. The first-order valence-electron chi connectivity index (χ1n) is 15.4. The van der Waals surface area contributed by atoms with E-state index >= 15 is 0 Å². The molecule has 0 radical (unpaired) electrons. The lowest BCUT2D eigenvalue weighted by molar-refractivity contribution is -0.144. The molecule has 11 nitrogen and oxygen atoms in total. The highest BCUT2D eigenvalue weighted by Gasteiger charge is 2.52. The van der Waals surface area contributed by atoms with Crippen LogP contribution in [0.4, 0.5) is 0 Å². The van der Waals surface area contributed by atoms with E-state index in [2.05, 4.69) is 5.32 Å². The number of hydrogen-bond acceptors (Lipinski definition) is 8. The van der Waals surface area contributed by atoms with Crippen LogP contribution in [0.2, 0.25) is 0 Å². The van der Waals surface area contributed by atoms with Crippen molar-refractivity contribution in [2.45, 2.75) is 57.3 Å². The molecule has 44 heavy (non-hydrogen) atoms. The van der Waals surface area contributed by atoms with Crippen LogP contribution in [-0.2, 0) is 36.9 Å². The van der Waals surface area contributed by atoms with Crippen LogP contribution in [0.25, 0.3) is 0 Å². The van der Waals surface area contributed by atoms with E-state index in [0.29, 0.717) is 69.0 Å². The summed E-state index contributed by atoms with van der Waals surface area (Å²) in [6.45, 7) is 1.57. The summed E-state index contributed by atoms with van der Waals surface area (Å²) in [4.78, 5) is 43.4. The molecule has 0 unspecified atom stereocenters. The van der Waals surface area contributed by atoms with Crippen molar-refractivity contribution >= 4 is 17.7 Å². The van der Waals surface area contributed by atoms with E-state index in [0.717, 1.165) is 11.1 Å². The Morgan fingerprint density at radius 1 is 1.11 bits per heavy atom. The van der Waals surface area contributed by atoms with Gasteiger partial charge < -0.3 is 39.2 Å². The van der Waals surface area contributed by atoms with E-state index in [9.17, 15) is 19.5 Å². The maximum absolute atomic E-state index is 13.5. The maximum Gasteiger partial charge on any atom is 0.239 e. The van der Waals surface area contributed by atoms with E-state index in [-0.39, 0.29) is 56.5 Å². The Labute approximate surface area is 258 Å². The van der Waals surface area contributed by atoms with E-state index in [1.165, 1.54) is 0 Å². The first-order valence-corrected chi connectivity index (χ1v) is 15.4. The third-order valence-electron chi connectivity index (χ3n) is 8.70.